The lowest BCUT2D eigenvalue weighted by Gasteiger charge is -2.42. The van der Waals surface area contributed by atoms with E-state index in [4.69, 9.17) is 10.00 Å². The largest absolute Gasteiger partial charge is 0.385 e. The average Bonchev–Trinajstić information content (AvgIpc) is 2.67. The lowest BCUT2D eigenvalue weighted by atomic mass is 9.84. The molecule has 3 amide bonds. The molecule has 0 radical (unpaired) electrons. The van der Waals surface area contributed by atoms with E-state index in [-0.39, 0.29) is 17.5 Å². The number of hydrogen-bond donors (Lipinski definition) is 2. The molecule has 1 aliphatic rings. The second-order valence-corrected chi connectivity index (χ2v) is 6.49. The van der Waals surface area contributed by atoms with Crippen molar-refractivity contribution in [2.75, 3.05) is 33.4 Å². The fraction of sp³-hybridized carbons (Fsp3) is 0.526. The molecule has 0 aliphatic carbocycles. The highest BCUT2D eigenvalue weighted by Gasteiger charge is 2.37. The molecular formula is C19H26N4O3. The van der Waals surface area contributed by atoms with Crippen molar-refractivity contribution in [2.24, 2.45) is 0 Å². The van der Waals surface area contributed by atoms with E-state index in [1.807, 2.05) is 13.0 Å². The molecule has 0 bridgehead atoms. The summed E-state index contributed by atoms with van der Waals surface area (Å²) in [6.45, 7) is 4.12. The molecule has 1 fully saturated rings. The molecule has 1 saturated heterocycles. The molecule has 7 heteroatoms. The van der Waals surface area contributed by atoms with Crippen molar-refractivity contribution in [3.63, 3.8) is 0 Å². The number of nitriles is 1. The van der Waals surface area contributed by atoms with Crippen LogP contribution in [0.4, 0.5) is 4.79 Å². The van der Waals surface area contributed by atoms with E-state index in [1.54, 1.807) is 36.3 Å². The number of ether oxygens (including phenoxy) is 1. The molecule has 1 aromatic carbocycles. The van der Waals surface area contributed by atoms with E-state index in [1.165, 1.54) is 0 Å². The lowest BCUT2D eigenvalue weighted by molar-refractivity contribution is 0.0603. The number of urea groups is 1. The van der Waals surface area contributed by atoms with Crippen LogP contribution >= 0.6 is 0 Å². The van der Waals surface area contributed by atoms with Gasteiger partial charge < -0.3 is 20.3 Å². The first kappa shape index (κ1) is 19.7. The van der Waals surface area contributed by atoms with Crippen LogP contribution in [-0.2, 0) is 4.74 Å². The SMILES string of the molecule is CCNC(=O)NC1(CCOC)CCN(C(=O)c2ccc(C#N)cc2)CC1. The van der Waals surface area contributed by atoms with E-state index < -0.39 is 0 Å². The minimum Gasteiger partial charge on any atom is -0.385 e. The molecule has 26 heavy (non-hydrogen) atoms. The number of methoxy groups -OCH3 is 1. The number of rotatable bonds is 6. The fourth-order valence-corrected chi connectivity index (χ4v) is 3.19. The van der Waals surface area contributed by atoms with Gasteiger partial charge in [0.2, 0.25) is 0 Å². The van der Waals surface area contributed by atoms with Crippen LogP contribution in [-0.4, -0.2) is 55.7 Å². The first-order valence-corrected chi connectivity index (χ1v) is 8.88. The monoisotopic (exact) mass is 358 g/mol. The molecule has 2 rings (SSSR count). The Labute approximate surface area is 154 Å². The first-order valence-electron chi connectivity index (χ1n) is 8.88. The Morgan fingerprint density at radius 1 is 1.27 bits per heavy atom. The average molecular weight is 358 g/mol. The molecule has 2 N–H and O–H groups in total. The van der Waals surface area contributed by atoms with Crippen LogP contribution in [0, 0.1) is 11.3 Å². The Morgan fingerprint density at radius 2 is 1.92 bits per heavy atom. The number of amides is 3. The van der Waals surface area contributed by atoms with Gasteiger partial charge in [-0.2, -0.15) is 5.26 Å². The van der Waals surface area contributed by atoms with E-state index in [0.29, 0.717) is 56.6 Å². The van der Waals surface area contributed by atoms with Gasteiger partial charge in [-0.25, -0.2) is 4.79 Å². The number of benzene rings is 1. The van der Waals surface area contributed by atoms with Crippen molar-refractivity contribution in [3.05, 3.63) is 35.4 Å². The minimum atomic E-state index is -0.364. The molecule has 0 spiro atoms. The van der Waals surface area contributed by atoms with Crippen molar-refractivity contribution in [1.29, 1.82) is 5.26 Å². The van der Waals surface area contributed by atoms with Crippen molar-refractivity contribution < 1.29 is 14.3 Å². The number of nitrogens with zero attached hydrogens (tertiary/aromatic N) is 2. The number of carbonyl (C=O) groups is 2. The summed E-state index contributed by atoms with van der Waals surface area (Å²) in [6.07, 6.45) is 2.06. The molecule has 0 aromatic heterocycles. The molecule has 0 unspecified atom stereocenters. The normalized spacial score (nSPS) is 15.8. The van der Waals surface area contributed by atoms with Gasteiger partial charge in [0.15, 0.2) is 0 Å². The van der Waals surface area contributed by atoms with Gasteiger partial charge in [0, 0.05) is 44.5 Å². The molecule has 1 aromatic rings. The molecule has 7 nitrogen and oxygen atoms in total. The Hall–Kier alpha value is -2.59. The molecule has 0 atom stereocenters. The maximum Gasteiger partial charge on any atom is 0.315 e. The summed E-state index contributed by atoms with van der Waals surface area (Å²) in [5, 5.41) is 14.7. The Bertz CT molecular complexity index is 658. The summed E-state index contributed by atoms with van der Waals surface area (Å²) in [5.74, 6) is -0.0483. The van der Waals surface area contributed by atoms with Crippen LogP contribution in [0.1, 0.15) is 42.1 Å². The summed E-state index contributed by atoms with van der Waals surface area (Å²) in [5.41, 5.74) is 0.742. The van der Waals surface area contributed by atoms with E-state index in [2.05, 4.69) is 10.6 Å². The van der Waals surface area contributed by atoms with Crippen LogP contribution in [0.5, 0.6) is 0 Å². The number of hydrogen-bond acceptors (Lipinski definition) is 4. The summed E-state index contributed by atoms with van der Waals surface area (Å²) in [7, 11) is 1.64. The van der Waals surface area contributed by atoms with Gasteiger partial charge in [0.05, 0.1) is 11.6 Å². The zero-order chi connectivity index (χ0) is 19.0. The topological polar surface area (TPSA) is 94.5 Å². The van der Waals surface area contributed by atoms with Gasteiger partial charge in [-0.1, -0.05) is 0 Å². The van der Waals surface area contributed by atoms with E-state index in [9.17, 15) is 9.59 Å². The molecule has 0 saturated carbocycles. The van der Waals surface area contributed by atoms with Crippen LogP contribution in [0.25, 0.3) is 0 Å². The number of carbonyl (C=O) groups excluding carboxylic acids is 2. The predicted octanol–water partition coefficient (Wildman–Crippen LogP) is 1.89. The molecule has 140 valence electrons. The lowest BCUT2D eigenvalue weighted by Crippen LogP contribution is -2.58. The maximum absolute atomic E-state index is 12.7. The standard InChI is InChI=1S/C19H26N4O3/c1-3-21-18(25)22-19(10-13-26-2)8-11-23(12-9-19)17(24)16-6-4-15(14-20)5-7-16/h4-7H,3,8-13H2,1-2H3,(H2,21,22,25). The molecular weight excluding hydrogens is 332 g/mol. The quantitative estimate of drug-likeness (QED) is 0.812. The van der Waals surface area contributed by atoms with Crippen molar-refractivity contribution in [2.45, 2.75) is 31.7 Å². The van der Waals surface area contributed by atoms with E-state index >= 15 is 0 Å². The van der Waals surface area contributed by atoms with Gasteiger partial charge >= 0.3 is 6.03 Å². The zero-order valence-corrected chi connectivity index (χ0v) is 15.4. The number of likely N-dealkylation sites (tertiary alicyclic amines) is 1. The first-order chi connectivity index (χ1) is 12.5. The Kier molecular flexibility index (Phi) is 6.98. The van der Waals surface area contributed by atoms with Crippen molar-refractivity contribution >= 4 is 11.9 Å². The summed E-state index contributed by atoms with van der Waals surface area (Å²) in [6, 6.07) is 8.53. The van der Waals surface area contributed by atoms with Gasteiger partial charge in [-0.15, -0.1) is 0 Å². The molecule has 1 aliphatic heterocycles. The minimum absolute atomic E-state index is 0.0483. The van der Waals surface area contributed by atoms with Crippen LogP contribution in [0.3, 0.4) is 0 Å². The summed E-state index contributed by atoms with van der Waals surface area (Å²) in [4.78, 5) is 26.5. The van der Waals surface area contributed by atoms with E-state index in [0.717, 1.165) is 0 Å². The van der Waals surface area contributed by atoms with Gasteiger partial charge in [0.25, 0.3) is 5.91 Å². The second-order valence-electron chi connectivity index (χ2n) is 6.49. The predicted molar refractivity (Wildman–Crippen MR) is 97.7 cm³/mol. The molecule has 1 heterocycles. The third kappa shape index (κ3) is 4.96. The third-order valence-corrected chi connectivity index (χ3v) is 4.77. The third-order valence-electron chi connectivity index (χ3n) is 4.77. The zero-order valence-electron chi connectivity index (χ0n) is 15.4. The highest BCUT2D eigenvalue weighted by molar-refractivity contribution is 5.94. The van der Waals surface area contributed by atoms with Gasteiger partial charge in [-0.05, 0) is 50.5 Å². The number of piperidine rings is 1. The Morgan fingerprint density at radius 3 is 2.46 bits per heavy atom. The summed E-state index contributed by atoms with van der Waals surface area (Å²) < 4.78 is 5.20. The summed E-state index contributed by atoms with van der Waals surface area (Å²) >= 11 is 0. The fourth-order valence-electron chi connectivity index (χ4n) is 3.19. The van der Waals surface area contributed by atoms with Gasteiger partial charge in [-0.3, -0.25) is 4.79 Å². The van der Waals surface area contributed by atoms with Crippen molar-refractivity contribution in [1.82, 2.24) is 15.5 Å². The number of nitrogens with one attached hydrogen (secondary N) is 2. The van der Waals surface area contributed by atoms with Gasteiger partial charge in [0.1, 0.15) is 0 Å². The maximum atomic E-state index is 12.7. The second kappa shape index (κ2) is 9.20. The van der Waals surface area contributed by atoms with Crippen LogP contribution in [0.15, 0.2) is 24.3 Å². The van der Waals surface area contributed by atoms with Crippen molar-refractivity contribution in [3.8, 4) is 6.07 Å². The van der Waals surface area contributed by atoms with Crippen LogP contribution in [0.2, 0.25) is 0 Å². The van der Waals surface area contributed by atoms with Crippen LogP contribution < -0.4 is 10.6 Å². The smallest absolute Gasteiger partial charge is 0.315 e. The Balaban J connectivity index is 2.01. The highest BCUT2D eigenvalue weighted by Crippen LogP contribution is 2.27. The highest BCUT2D eigenvalue weighted by atomic mass is 16.5.